The molecule has 0 saturated carbocycles. The van der Waals surface area contributed by atoms with Crippen LogP contribution in [0.5, 0.6) is 0 Å². The Morgan fingerprint density at radius 1 is 1.07 bits per heavy atom. The minimum atomic E-state index is -1.18. The van der Waals surface area contributed by atoms with Gasteiger partial charge in [-0.2, -0.15) is 0 Å². The fourth-order valence-corrected chi connectivity index (χ4v) is 3.05. The third kappa shape index (κ3) is 5.99. The molecule has 3 rings (SSSR count). The van der Waals surface area contributed by atoms with Crippen LogP contribution < -0.4 is 0 Å². The Morgan fingerprint density at radius 3 is 2.40 bits per heavy atom. The lowest BCUT2D eigenvalue weighted by atomic mass is 10.0. The number of hydrogen-bond donors (Lipinski definition) is 1. The summed E-state index contributed by atoms with van der Waals surface area (Å²) in [4.78, 5) is 15.3. The fraction of sp³-hybridized carbons (Fsp3) is 0.200. The first kappa shape index (κ1) is 21.2. The Labute approximate surface area is 174 Å². The molecule has 152 valence electrons. The van der Waals surface area contributed by atoms with Crippen LogP contribution in [0.4, 0.5) is 8.78 Å². The quantitative estimate of drug-likeness (QED) is 0.554. The Bertz CT molecular complexity index is 1080. The van der Waals surface area contributed by atoms with E-state index in [4.69, 9.17) is 5.11 Å². The summed E-state index contributed by atoms with van der Waals surface area (Å²) < 4.78 is 27.8. The molecule has 0 aliphatic carbocycles. The molecule has 1 aromatic heterocycles. The standard InChI is InChI=1S/C25H21F2NO2/c1-17-15-21(24(27)14-9-19-5-10-20(11-6-19)25(29)30)16-23(28-17)4-2-3-18-7-12-22(26)13-8-18/h5-8,10-13,15-16,24H,3,9,14H2,1H3,(H,29,30). The molecule has 3 aromatic rings. The lowest BCUT2D eigenvalue weighted by molar-refractivity contribution is 0.0697. The first-order chi connectivity index (χ1) is 14.4. The maximum absolute atomic E-state index is 14.8. The number of nitrogens with zero attached hydrogens (tertiary/aromatic N) is 1. The maximum Gasteiger partial charge on any atom is 0.335 e. The molecule has 1 unspecified atom stereocenters. The zero-order valence-electron chi connectivity index (χ0n) is 16.5. The van der Waals surface area contributed by atoms with E-state index < -0.39 is 12.1 Å². The van der Waals surface area contributed by atoms with Crippen LogP contribution in [0.3, 0.4) is 0 Å². The van der Waals surface area contributed by atoms with Gasteiger partial charge in [-0.1, -0.05) is 30.2 Å². The molecule has 2 aromatic carbocycles. The van der Waals surface area contributed by atoms with Gasteiger partial charge in [-0.15, -0.1) is 0 Å². The van der Waals surface area contributed by atoms with Gasteiger partial charge in [0.1, 0.15) is 17.7 Å². The second-order valence-corrected chi connectivity index (χ2v) is 7.04. The molecule has 0 amide bonds. The molecule has 0 aliphatic rings. The average Bonchev–Trinajstić information content (AvgIpc) is 2.73. The van der Waals surface area contributed by atoms with E-state index in [0.29, 0.717) is 29.8 Å². The van der Waals surface area contributed by atoms with Gasteiger partial charge < -0.3 is 5.11 Å². The molecule has 3 nitrogen and oxygen atoms in total. The van der Waals surface area contributed by atoms with Gasteiger partial charge in [0.25, 0.3) is 0 Å². The van der Waals surface area contributed by atoms with Gasteiger partial charge in [-0.05, 0) is 78.8 Å². The Kier molecular flexibility index (Phi) is 6.92. The van der Waals surface area contributed by atoms with E-state index in [0.717, 1.165) is 11.1 Å². The number of aromatic carboxylic acids is 1. The Morgan fingerprint density at radius 2 is 1.73 bits per heavy atom. The third-order valence-electron chi connectivity index (χ3n) is 4.65. The summed E-state index contributed by atoms with van der Waals surface area (Å²) in [6.45, 7) is 1.80. The van der Waals surface area contributed by atoms with E-state index in [2.05, 4.69) is 16.8 Å². The molecule has 0 spiro atoms. The SMILES string of the molecule is Cc1cc(C(F)CCc2ccc(C(=O)O)cc2)cc(C#CCc2ccc(F)cc2)n1. The molecule has 0 saturated heterocycles. The van der Waals surface area contributed by atoms with Gasteiger partial charge in [0.2, 0.25) is 0 Å². The van der Waals surface area contributed by atoms with Crippen molar-refractivity contribution in [1.29, 1.82) is 0 Å². The number of carboxylic acids is 1. The molecule has 1 atom stereocenters. The molecule has 0 radical (unpaired) electrons. The number of carbonyl (C=O) groups is 1. The highest BCUT2D eigenvalue weighted by Crippen LogP contribution is 2.24. The van der Waals surface area contributed by atoms with Crippen molar-refractivity contribution >= 4 is 5.97 Å². The van der Waals surface area contributed by atoms with Crippen molar-refractivity contribution in [2.24, 2.45) is 0 Å². The molecule has 30 heavy (non-hydrogen) atoms. The number of hydrogen-bond acceptors (Lipinski definition) is 2. The highest BCUT2D eigenvalue weighted by molar-refractivity contribution is 5.87. The summed E-state index contributed by atoms with van der Waals surface area (Å²) in [5.74, 6) is 4.69. The van der Waals surface area contributed by atoms with Crippen molar-refractivity contribution in [3.05, 3.63) is 100 Å². The van der Waals surface area contributed by atoms with E-state index in [1.54, 1.807) is 43.3 Å². The summed E-state index contributed by atoms with van der Waals surface area (Å²) in [7, 11) is 0. The number of halogens is 2. The maximum atomic E-state index is 14.8. The molecule has 1 N–H and O–H groups in total. The van der Waals surface area contributed by atoms with Crippen LogP contribution in [-0.4, -0.2) is 16.1 Å². The molecular formula is C25H21F2NO2. The summed E-state index contributed by atoms with van der Waals surface area (Å²) in [6.07, 6.45) is 0.0478. The third-order valence-corrected chi connectivity index (χ3v) is 4.65. The molecule has 0 aliphatic heterocycles. The lowest BCUT2D eigenvalue weighted by Gasteiger charge is -2.10. The minimum absolute atomic E-state index is 0.212. The smallest absolute Gasteiger partial charge is 0.335 e. The van der Waals surface area contributed by atoms with Crippen molar-refractivity contribution in [3.8, 4) is 11.8 Å². The Balaban J connectivity index is 1.64. The predicted octanol–water partition coefficient (Wildman–Crippen LogP) is 5.46. The number of benzene rings is 2. The molecular weight excluding hydrogens is 384 g/mol. The zero-order valence-corrected chi connectivity index (χ0v) is 16.5. The van der Waals surface area contributed by atoms with Gasteiger partial charge in [-0.25, -0.2) is 18.6 Å². The second-order valence-electron chi connectivity index (χ2n) is 7.04. The van der Waals surface area contributed by atoms with Crippen LogP contribution in [0.2, 0.25) is 0 Å². The van der Waals surface area contributed by atoms with Crippen molar-refractivity contribution in [2.45, 2.75) is 32.4 Å². The van der Waals surface area contributed by atoms with Crippen LogP contribution in [0.1, 0.15) is 51.0 Å². The predicted molar refractivity (Wildman–Crippen MR) is 112 cm³/mol. The summed E-state index contributed by atoms with van der Waals surface area (Å²) >= 11 is 0. The van der Waals surface area contributed by atoms with Crippen molar-refractivity contribution in [1.82, 2.24) is 4.98 Å². The van der Waals surface area contributed by atoms with Crippen molar-refractivity contribution < 1.29 is 18.7 Å². The highest BCUT2D eigenvalue weighted by Gasteiger charge is 2.12. The largest absolute Gasteiger partial charge is 0.478 e. The van der Waals surface area contributed by atoms with Crippen LogP contribution in [0, 0.1) is 24.6 Å². The normalized spacial score (nSPS) is 11.4. The Hall–Kier alpha value is -3.52. The molecule has 1 heterocycles. The van der Waals surface area contributed by atoms with Gasteiger partial charge in [0.05, 0.1) is 5.56 Å². The molecule has 0 bridgehead atoms. The van der Waals surface area contributed by atoms with E-state index >= 15 is 0 Å². The number of rotatable bonds is 6. The molecule has 5 heteroatoms. The van der Waals surface area contributed by atoms with Crippen molar-refractivity contribution in [3.63, 3.8) is 0 Å². The highest BCUT2D eigenvalue weighted by atomic mass is 19.1. The van der Waals surface area contributed by atoms with Crippen LogP contribution in [-0.2, 0) is 12.8 Å². The number of aromatic nitrogens is 1. The lowest BCUT2D eigenvalue weighted by Crippen LogP contribution is -2.00. The monoisotopic (exact) mass is 405 g/mol. The summed E-state index contributed by atoms with van der Waals surface area (Å²) in [5.41, 5.74) is 3.70. The minimum Gasteiger partial charge on any atom is -0.478 e. The van der Waals surface area contributed by atoms with E-state index in [9.17, 15) is 13.6 Å². The van der Waals surface area contributed by atoms with Gasteiger partial charge in [0.15, 0.2) is 0 Å². The van der Waals surface area contributed by atoms with E-state index in [1.165, 1.54) is 24.3 Å². The van der Waals surface area contributed by atoms with Crippen molar-refractivity contribution in [2.75, 3.05) is 0 Å². The number of pyridine rings is 1. The van der Waals surface area contributed by atoms with E-state index in [1.807, 2.05) is 0 Å². The number of alkyl halides is 1. The fourth-order valence-electron chi connectivity index (χ4n) is 3.05. The van der Waals surface area contributed by atoms with Crippen LogP contribution in [0.15, 0.2) is 60.7 Å². The zero-order chi connectivity index (χ0) is 21.5. The first-order valence-electron chi connectivity index (χ1n) is 9.59. The average molecular weight is 405 g/mol. The van der Waals surface area contributed by atoms with Gasteiger partial charge in [0, 0.05) is 12.1 Å². The summed E-state index contributed by atoms with van der Waals surface area (Å²) in [6, 6.07) is 16.0. The number of carboxylic acid groups (broad SMARTS) is 1. The van der Waals surface area contributed by atoms with Crippen LogP contribution in [0.25, 0.3) is 0 Å². The molecule has 0 fully saturated rings. The summed E-state index contributed by atoms with van der Waals surface area (Å²) in [5, 5.41) is 8.94. The van der Waals surface area contributed by atoms with Gasteiger partial charge >= 0.3 is 5.97 Å². The van der Waals surface area contributed by atoms with E-state index in [-0.39, 0.29) is 17.8 Å². The second kappa shape index (κ2) is 9.80. The number of aryl methyl sites for hydroxylation is 2. The van der Waals surface area contributed by atoms with Gasteiger partial charge in [-0.3, -0.25) is 0 Å². The first-order valence-corrected chi connectivity index (χ1v) is 9.59. The topological polar surface area (TPSA) is 50.2 Å². The van der Waals surface area contributed by atoms with Crippen LogP contribution >= 0.6 is 0 Å².